The maximum absolute atomic E-state index is 12.0. The van der Waals surface area contributed by atoms with Gasteiger partial charge in [-0.2, -0.15) is 0 Å². The van der Waals surface area contributed by atoms with Crippen molar-refractivity contribution in [3.63, 3.8) is 0 Å². The molecule has 0 amide bonds. The van der Waals surface area contributed by atoms with Gasteiger partial charge in [-0.15, -0.1) is 0 Å². The second kappa shape index (κ2) is 17.4. The molecule has 8 heteroatoms. The number of carbonyl (C=O) groups is 2. The van der Waals surface area contributed by atoms with Gasteiger partial charge in [0.2, 0.25) is 0 Å². The predicted molar refractivity (Wildman–Crippen MR) is 202 cm³/mol. The van der Waals surface area contributed by atoms with Crippen LogP contribution in [0.3, 0.4) is 0 Å². The lowest BCUT2D eigenvalue weighted by atomic mass is 10.1. The SMILES string of the molecule is C=CC(=O)OC(COc1ccc(-c2ccc(OCC(COc3ccc4ccccc4c3)OC(=O)C=C)cc2)cc1)COc1ccc2ccccc2c1. The molecule has 8 nitrogen and oxygen atoms in total. The molecule has 0 aliphatic heterocycles. The molecule has 0 fully saturated rings. The van der Waals surface area contributed by atoms with Gasteiger partial charge >= 0.3 is 11.9 Å². The van der Waals surface area contributed by atoms with Crippen molar-refractivity contribution in [2.45, 2.75) is 12.2 Å². The molecule has 0 aliphatic carbocycles. The monoisotopic (exact) mass is 694 g/mol. The van der Waals surface area contributed by atoms with Crippen molar-refractivity contribution in [2.24, 2.45) is 0 Å². The van der Waals surface area contributed by atoms with Crippen LogP contribution in [0.2, 0.25) is 0 Å². The van der Waals surface area contributed by atoms with E-state index >= 15 is 0 Å². The van der Waals surface area contributed by atoms with Gasteiger partial charge in [-0.3, -0.25) is 0 Å². The third kappa shape index (κ3) is 9.79. The molecule has 0 saturated carbocycles. The van der Waals surface area contributed by atoms with Crippen LogP contribution in [-0.4, -0.2) is 50.6 Å². The van der Waals surface area contributed by atoms with E-state index in [0.29, 0.717) is 23.0 Å². The summed E-state index contributed by atoms with van der Waals surface area (Å²) in [4.78, 5) is 24.0. The van der Waals surface area contributed by atoms with E-state index in [1.54, 1.807) is 0 Å². The van der Waals surface area contributed by atoms with E-state index in [1.807, 2.05) is 133 Å². The maximum Gasteiger partial charge on any atom is 0.330 e. The largest absolute Gasteiger partial charge is 0.490 e. The average Bonchev–Trinajstić information content (AvgIpc) is 3.20. The Morgan fingerprint density at radius 2 is 0.769 bits per heavy atom. The number of carbonyl (C=O) groups excluding carboxylic acids is 2. The molecular weight excluding hydrogens is 656 g/mol. The molecule has 52 heavy (non-hydrogen) atoms. The van der Waals surface area contributed by atoms with Gasteiger partial charge in [-0.1, -0.05) is 98.1 Å². The van der Waals surface area contributed by atoms with E-state index in [2.05, 4.69) is 13.2 Å². The molecule has 0 spiro atoms. The highest BCUT2D eigenvalue weighted by Gasteiger charge is 2.17. The number of ether oxygens (including phenoxy) is 6. The minimum Gasteiger partial charge on any atom is -0.490 e. The zero-order valence-corrected chi connectivity index (χ0v) is 28.5. The molecule has 0 radical (unpaired) electrons. The van der Waals surface area contributed by atoms with E-state index in [1.165, 1.54) is 0 Å². The molecule has 6 aromatic carbocycles. The Bertz CT molecular complexity index is 1980. The van der Waals surface area contributed by atoms with Crippen LogP contribution in [0.25, 0.3) is 32.7 Å². The Kier molecular flexibility index (Phi) is 11.8. The van der Waals surface area contributed by atoms with Crippen LogP contribution in [0.4, 0.5) is 0 Å². The number of hydrogen-bond acceptors (Lipinski definition) is 8. The summed E-state index contributed by atoms with van der Waals surface area (Å²) in [5.74, 6) is 1.45. The lowest BCUT2D eigenvalue weighted by molar-refractivity contribution is -0.147. The minimum absolute atomic E-state index is 0.0922. The first kappa shape index (κ1) is 35.3. The molecule has 262 valence electrons. The van der Waals surface area contributed by atoms with Gasteiger partial charge in [0.25, 0.3) is 0 Å². The van der Waals surface area contributed by atoms with E-state index in [0.717, 1.165) is 44.8 Å². The summed E-state index contributed by atoms with van der Waals surface area (Å²) in [7, 11) is 0. The quantitative estimate of drug-likeness (QED) is 0.0692. The van der Waals surface area contributed by atoms with Crippen molar-refractivity contribution in [1.29, 1.82) is 0 Å². The van der Waals surface area contributed by atoms with Crippen molar-refractivity contribution < 1.29 is 38.0 Å². The first-order valence-electron chi connectivity index (χ1n) is 16.8. The summed E-state index contributed by atoms with van der Waals surface area (Å²) in [6.07, 6.45) is 0.918. The zero-order valence-electron chi connectivity index (χ0n) is 28.5. The van der Waals surface area contributed by atoms with Crippen LogP contribution in [0, 0.1) is 0 Å². The topological polar surface area (TPSA) is 89.5 Å². The Morgan fingerprint density at radius 1 is 0.442 bits per heavy atom. The zero-order chi connectivity index (χ0) is 36.1. The highest BCUT2D eigenvalue weighted by Crippen LogP contribution is 2.26. The summed E-state index contributed by atoms with van der Waals surface area (Å²) in [5.41, 5.74) is 1.93. The number of esters is 2. The van der Waals surface area contributed by atoms with E-state index in [4.69, 9.17) is 28.4 Å². The van der Waals surface area contributed by atoms with Crippen molar-refractivity contribution >= 4 is 33.5 Å². The number of benzene rings is 6. The molecule has 0 N–H and O–H groups in total. The Morgan fingerprint density at radius 3 is 1.13 bits per heavy atom. The van der Waals surface area contributed by atoms with Gasteiger partial charge in [-0.25, -0.2) is 9.59 Å². The molecule has 0 aliphatic rings. The summed E-state index contributed by atoms with van der Waals surface area (Å²) in [6, 6.07) is 42.8. The van der Waals surface area contributed by atoms with Crippen LogP contribution in [0.1, 0.15) is 0 Å². The Labute approximate surface area is 302 Å². The lowest BCUT2D eigenvalue weighted by Gasteiger charge is -2.19. The van der Waals surface area contributed by atoms with Gasteiger partial charge in [0.05, 0.1) is 0 Å². The van der Waals surface area contributed by atoms with Crippen LogP contribution >= 0.6 is 0 Å². The first-order chi connectivity index (χ1) is 25.4. The van der Waals surface area contributed by atoms with Crippen molar-refractivity contribution in [1.82, 2.24) is 0 Å². The fourth-order valence-electron chi connectivity index (χ4n) is 5.42. The highest BCUT2D eigenvalue weighted by atomic mass is 16.6. The maximum atomic E-state index is 12.0. The van der Waals surface area contributed by atoms with Crippen LogP contribution in [0.15, 0.2) is 159 Å². The van der Waals surface area contributed by atoms with Crippen LogP contribution in [0.5, 0.6) is 23.0 Å². The fourth-order valence-corrected chi connectivity index (χ4v) is 5.42. The second-order valence-corrected chi connectivity index (χ2v) is 11.8. The molecule has 0 bridgehead atoms. The van der Waals surface area contributed by atoms with Crippen molar-refractivity contribution in [3.05, 3.63) is 159 Å². The Hall–Kier alpha value is -6.54. The summed E-state index contributed by atoms with van der Waals surface area (Å²) < 4.78 is 34.8. The minimum atomic E-state index is -0.658. The first-order valence-corrected chi connectivity index (χ1v) is 16.8. The van der Waals surface area contributed by atoms with Gasteiger partial charge in [0.1, 0.15) is 49.4 Å². The number of hydrogen-bond donors (Lipinski definition) is 0. The van der Waals surface area contributed by atoms with Crippen molar-refractivity contribution in [2.75, 3.05) is 26.4 Å². The Balaban J connectivity index is 1.01. The molecule has 2 atom stereocenters. The third-order valence-electron chi connectivity index (χ3n) is 8.13. The van der Waals surface area contributed by atoms with Gasteiger partial charge in [0.15, 0.2) is 12.2 Å². The van der Waals surface area contributed by atoms with Crippen LogP contribution < -0.4 is 18.9 Å². The van der Waals surface area contributed by atoms with Crippen molar-refractivity contribution in [3.8, 4) is 34.1 Å². The molecule has 6 aromatic rings. The van der Waals surface area contributed by atoms with Gasteiger partial charge < -0.3 is 28.4 Å². The fraction of sp³-hybridized carbons (Fsp3) is 0.136. The summed E-state index contributed by atoms with van der Waals surface area (Å²) in [6.45, 7) is 7.40. The molecule has 6 rings (SSSR count). The van der Waals surface area contributed by atoms with E-state index < -0.39 is 24.1 Å². The van der Waals surface area contributed by atoms with Crippen LogP contribution in [-0.2, 0) is 19.1 Å². The summed E-state index contributed by atoms with van der Waals surface area (Å²) in [5, 5.41) is 4.32. The lowest BCUT2D eigenvalue weighted by Crippen LogP contribution is -2.30. The van der Waals surface area contributed by atoms with Gasteiger partial charge in [0, 0.05) is 12.2 Å². The highest BCUT2D eigenvalue weighted by molar-refractivity contribution is 5.84. The molecular formula is C44H38O8. The average molecular weight is 695 g/mol. The molecule has 0 aromatic heterocycles. The molecule has 0 saturated heterocycles. The molecule has 2 unspecified atom stereocenters. The van der Waals surface area contributed by atoms with Gasteiger partial charge in [-0.05, 0) is 81.2 Å². The standard InChI is InChI=1S/C44H38O8/c1-3-43(45)51-41(29-49-39-23-17-31-9-5-7-11-35(31)25-39)27-47-37-19-13-33(14-20-37)34-15-21-38(22-16-34)48-28-42(52-44(46)4-2)30-50-40-24-18-32-10-6-8-12-36(32)26-40/h3-26,41-42H,1-2,27-30H2. The smallest absolute Gasteiger partial charge is 0.330 e. The molecule has 0 heterocycles. The van der Waals surface area contributed by atoms with E-state index in [9.17, 15) is 9.59 Å². The van der Waals surface area contributed by atoms with E-state index in [-0.39, 0.29) is 26.4 Å². The second-order valence-electron chi connectivity index (χ2n) is 11.8. The number of fused-ring (bicyclic) bond motifs is 2. The predicted octanol–water partition coefficient (Wildman–Crippen LogP) is 8.77. The third-order valence-corrected chi connectivity index (χ3v) is 8.13. The normalized spacial score (nSPS) is 11.9. The summed E-state index contributed by atoms with van der Waals surface area (Å²) >= 11 is 0. The number of rotatable bonds is 17.